The fraction of sp³-hybridized carbons (Fsp3) is 0.867. The normalized spacial score (nSPS) is 24.0. The van der Waals surface area contributed by atoms with Gasteiger partial charge in [-0.2, -0.15) is 0 Å². The number of nitrogens with one attached hydrogen (secondary N) is 2. The molecule has 6 nitrogen and oxygen atoms in total. The van der Waals surface area contributed by atoms with Crippen molar-refractivity contribution in [2.75, 3.05) is 19.7 Å². The Balaban J connectivity index is 1.73. The third-order valence-electron chi connectivity index (χ3n) is 4.50. The van der Waals surface area contributed by atoms with Crippen LogP contribution in [0, 0.1) is 0 Å². The molecule has 2 rings (SSSR count). The first-order valence-corrected chi connectivity index (χ1v) is 8.14. The number of likely N-dealkylation sites (tertiary alicyclic amines) is 1. The Bertz CT molecular complexity index is 354. The average molecular weight is 297 g/mol. The van der Waals surface area contributed by atoms with Crippen LogP contribution in [0.25, 0.3) is 0 Å². The molecule has 2 fully saturated rings. The van der Waals surface area contributed by atoms with Gasteiger partial charge < -0.3 is 10.4 Å². The number of aliphatic hydroxyl groups is 1. The van der Waals surface area contributed by atoms with Gasteiger partial charge in [0.15, 0.2) is 0 Å². The fourth-order valence-corrected chi connectivity index (χ4v) is 3.39. The van der Waals surface area contributed by atoms with E-state index in [4.69, 9.17) is 5.11 Å². The lowest BCUT2D eigenvalue weighted by molar-refractivity contribution is -0.122. The first-order valence-electron chi connectivity index (χ1n) is 8.14. The highest BCUT2D eigenvalue weighted by Crippen LogP contribution is 2.19. The molecule has 1 saturated carbocycles. The van der Waals surface area contributed by atoms with Crippen LogP contribution in [0.1, 0.15) is 51.4 Å². The molecule has 1 aliphatic carbocycles. The van der Waals surface area contributed by atoms with Crippen LogP contribution < -0.4 is 10.6 Å². The van der Waals surface area contributed by atoms with E-state index < -0.39 is 0 Å². The number of nitrogens with zero attached hydrogens (tertiary/aromatic N) is 1. The second-order valence-electron chi connectivity index (χ2n) is 6.14. The van der Waals surface area contributed by atoms with Crippen molar-refractivity contribution in [2.45, 2.75) is 63.5 Å². The van der Waals surface area contributed by atoms with Gasteiger partial charge in [-0.15, -0.1) is 0 Å². The lowest BCUT2D eigenvalue weighted by Crippen LogP contribution is -2.50. The third kappa shape index (κ3) is 5.28. The van der Waals surface area contributed by atoms with E-state index in [1.54, 1.807) is 0 Å². The number of piperidine rings is 1. The summed E-state index contributed by atoms with van der Waals surface area (Å²) >= 11 is 0. The predicted molar refractivity (Wildman–Crippen MR) is 79.8 cm³/mol. The van der Waals surface area contributed by atoms with Crippen molar-refractivity contribution in [3.63, 3.8) is 0 Å². The van der Waals surface area contributed by atoms with Crippen molar-refractivity contribution >= 4 is 11.9 Å². The smallest absolute Gasteiger partial charge is 0.321 e. The summed E-state index contributed by atoms with van der Waals surface area (Å²) in [7, 11) is 0. The van der Waals surface area contributed by atoms with Crippen molar-refractivity contribution in [3.8, 4) is 0 Å². The molecule has 21 heavy (non-hydrogen) atoms. The maximum Gasteiger partial charge on any atom is 0.321 e. The van der Waals surface area contributed by atoms with Crippen LogP contribution in [-0.2, 0) is 4.79 Å². The van der Waals surface area contributed by atoms with Gasteiger partial charge in [0, 0.05) is 18.7 Å². The highest BCUT2D eigenvalue weighted by atomic mass is 16.3. The predicted octanol–water partition coefficient (Wildman–Crippen LogP) is 0.992. The number of carbonyl (C=O) groups excluding carboxylic acids is 2. The molecule has 3 N–H and O–H groups in total. The van der Waals surface area contributed by atoms with Gasteiger partial charge in [-0.3, -0.25) is 15.0 Å². The van der Waals surface area contributed by atoms with E-state index >= 15 is 0 Å². The Morgan fingerprint density at radius 2 is 1.81 bits per heavy atom. The Kier molecular flexibility index (Phi) is 6.45. The molecule has 1 atom stereocenters. The molecular formula is C15H27N3O3. The molecule has 1 heterocycles. The van der Waals surface area contributed by atoms with Crippen molar-refractivity contribution in [1.29, 1.82) is 0 Å². The quantitative estimate of drug-likeness (QED) is 0.707. The first-order chi connectivity index (χ1) is 10.2. The molecule has 0 radical (unpaired) electrons. The van der Waals surface area contributed by atoms with E-state index in [1.165, 1.54) is 0 Å². The summed E-state index contributed by atoms with van der Waals surface area (Å²) in [4.78, 5) is 25.8. The molecular weight excluding hydrogens is 270 g/mol. The number of aliphatic hydroxyl groups excluding tert-OH is 1. The summed E-state index contributed by atoms with van der Waals surface area (Å²) < 4.78 is 0. The van der Waals surface area contributed by atoms with Crippen LogP contribution in [0.4, 0.5) is 4.79 Å². The largest absolute Gasteiger partial charge is 0.396 e. The van der Waals surface area contributed by atoms with Gasteiger partial charge in [-0.25, -0.2) is 4.79 Å². The SMILES string of the molecule is O=C(CN1CCCCC1CCO)NC(=O)NC1CCCC1. The molecule has 0 aromatic rings. The number of amides is 3. The van der Waals surface area contributed by atoms with Gasteiger partial charge in [-0.05, 0) is 38.6 Å². The Morgan fingerprint density at radius 3 is 2.52 bits per heavy atom. The number of urea groups is 1. The van der Waals surface area contributed by atoms with E-state index in [0.29, 0.717) is 6.42 Å². The standard InChI is InChI=1S/C15H27N3O3/c19-10-8-13-7-3-4-9-18(13)11-14(20)17-15(21)16-12-5-1-2-6-12/h12-13,19H,1-11H2,(H2,16,17,20,21). The summed E-state index contributed by atoms with van der Waals surface area (Å²) in [6.07, 6.45) is 8.24. The molecule has 120 valence electrons. The van der Waals surface area contributed by atoms with Gasteiger partial charge in [-0.1, -0.05) is 19.3 Å². The summed E-state index contributed by atoms with van der Waals surface area (Å²) in [5.74, 6) is -0.254. The van der Waals surface area contributed by atoms with Gasteiger partial charge >= 0.3 is 6.03 Å². The summed E-state index contributed by atoms with van der Waals surface area (Å²) in [6, 6.07) is 0.102. The summed E-state index contributed by atoms with van der Waals surface area (Å²) in [6.45, 7) is 1.25. The fourth-order valence-electron chi connectivity index (χ4n) is 3.39. The number of hydrogen-bond acceptors (Lipinski definition) is 4. The summed E-state index contributed by atoms with van der Waals surface area (Å²) in [5.41, 5.74) is 0. The van der Waals surface area contributed by atoms with Crippen LogP contribution >= 0.6 is 0 Å². The van der Waals surface area contributed by atoms with Crippen molar-refractivity contribution in [1.82, 2.24) is 15.5 Å². The van der Waals surface area contributed by atoms with Crippen LogP contribution in [0.3, 0.4) is 0 Å². The van der Waals surface area contributed by atoms with E-state index in [9.17, 15) is 9.59 Å². The van der Waals surface area contributed by atoms with Crippen LogP contribution in [0.15, 0.2) is 0 Å². The number of hydrogen-bond donors (Lipinski definition) is 3. The molecule has 0 aromatic carbocycles. The Hall–Kier alpha value is -1.14. The van der Waals surface area contributed by atoms with Gasteiger partial charge in [0.25, 0.3) is 0 Å². The van der Waals surface area contributed by atoms with E-state index in [1.807, 2.05) is 0 Å². The van der Waals surface area contributed by atoms with E-state index in [-0.39, 0.29) is 37.2 Å². The molecule has 0 bridgehead atoms. The maximum absolute atomic E-state index is 12.0. The van der Waals surface area contributed by atoms with Crippen LogP contribution in [-0.4, -0.2) is 53.7 Å². The topological polar surface area (TPSA) is 81.7 Å². The van der Waals surface area contributed by atoms with Gasteiger partial charge in [0.1, 0.15) is 0 Å². The molecule has 0 spiro atoms. The second kappa shape index (κ2) is 8.34. The zero-order valence-electron chi connectivity index (χ0n) is 12.6. The highest BCUT2D eigenvalue weighted by molar-refractivity contribution is 5.95. The minimum absolute atomic E-state index is 0.144. The van der Waals surface area contributed by atoms with E-state index in [0.717, 1.165) is 51.5 Å². The molecule has 0 aromatic heterocycles. The molecule has 6 heteroatoms. The van der Waals surface area contributed by atoms with Crippen molar-refractivity contribution in [3.05, 3.63) is 0 Å². The number of rotatable bonds is 5. The number of imide groups is 1. The lowest BCUT2D eigenvalue weighted by Gasteiger charge is -2.34. The third-order valence-corrected chi connectivity index (χ3v) is 4.50. The minimum atomic E-state index is -0.373. The van der Waals surface area contributed by atoms with Gasteiger partial charge in [0.05, 0.1) is 6.54 Å². The maximum atomic E-state index is 12.0. The molecule has 3 amide bonds. The van der Waals surface area contributed by atoms with Crippen LogP contribution in [0.2, 0.25) is 0 Å². The van der Waals surface area contributed by atoms with Crippen LogP contribution in [0.5, 0.6) is 0 Å². The average Bonchev–Trinajstić information content (AvgIpc) is 2.93. The lowest BCUT2D eigenvalue weighted by atomic mass is 10.00. The monoisotopic (exact) mass is 297 g/mol. The molecule has 1 aliphatic heterocycles. The van der Waals surface area contributed by atoms with Crippen molar-refractivity contribution < 1.29 is 14.7 Å². The van der Waals surface area contributed by atoms with Crippen molar-refractivity contribution in [2.24, 2.45) is 0 Å². The van der Waals surface area contributed by atoms with Gasteiger partial charge in [0.2, 0.25) is 5.91 Å². The Morgan fingerprint density at radius 1 is 1.10 bits per heavy atom. The Labute approximate surface area is 126 Å². The minimum Gasteiger partial charge on any atom is -0.396 e. The van der Waals surface area contributed by atoms with E-state index in [2.05, 4.69) is 15.5 Å². The second-order valence-corrected chi connectivity index (χ2v) is 6.14. The summed E-state index contributed by atoms with van der Waals surface area (Å²) in [5, 5.41) is 14.4. The first kappa shape index (κ1) is 16.2. The molecule has 1 saturated heterocycles. The number of carbonyl (C=O) groups is 2. The zero-order valence-corrected chi connectivity index (χ0v) is 12.6. The molecule has 1 unspecified atom stereocenters. The molecule has 2 aliphatic rings. The zero-order chi connectivity index (χ0) is 15.1. The highest BCUT2D eigenvalue weighted by Gasteiger charge is 2.25.